The van der Waals surface area contributed by atoms with Crippen LogP contribution in [0.3, 0.4) is 0 Å². The van der Waals surface area contributed by atoms with Crippen molar-refractivity contribution in [3.8, 4) is 6.07 Å². The molecule has 0 bridgehead atoms. The summed E-state index contributed by atoms with van der Waals surface area (Å²) in [5.41, 5.74) is -1.40. The molecule has 0 radical (unpaired) electrons. The van der Waals surface area contributed by atoms with Crippen LogP contribution in [0.4, 0.5) is 8.78 Å². The molecular formula is C8H3F2IN2O2. The minimum absolute atomic E-state index is 0.151. The molecule has 0 aliphatic carbocycles. The third-order valence-electron chi connectivity index (χ3n) is 1.61. The zero-order valence-electron chi connectivity index (χ0n) is 7.04. The van der Waals surface area contributed by atoms with Crippen molar-refractivity contribution in [2.45, 2.75) is 6.43 Å². The van der Waals surface area contributed by atoms with Crippen molar-refractivity contribution in [1.29, 1.82) is 5.26 Å². The Morgan fingerprint density at radius 2 is 2.27 bits per heavy atom. The van der Waals surface area contributed by atoms with Gasteiger partial charge in [0.1, 0.15) is 11.8 Å². The molecule has 1 rings (SSSR count). The van der Waals surface area contributed by atoms with Crippen molar-refractivity contribution in [1.82, 2.24) is 4.98 Å². The number of nitrogens with zero attached hydrogens (tertiary/aromatic N) is 2. The van der Waals surface area contributed by atoms with Gasteiger partial charge in [0.25, 0.3) is 6.43 Å². The second-order valence-corrected chi connectivity index (χ2v) is 3.54. The molecule has 1 aromatic heterocycles. The Morgan fingerprint density at radius 1 is 1.67 bits per heavy atom. The second-order valence-electron chi connectivity index (χ2n) is 2.47. The van der Waals surface area contributed by atoms with E-state index in [0.29, 0.717) is 0 Å². The lowest BCUT2D eigenvalue weighted by molar-refractivity contribution is 0.0694. The van der Waals surface area contributed by atoms with Gasteiger partial charge in [-0.05, 0) is 22.6 Å². The van der Waals surface area contributed by atoms with E-state index in [2.05, 4.69) is 4.98 Å². The molecule has 1 aromatic rings. The Balaban J connectivity index is 3.51. The number of aromatic carboxylic acids is 1. The number of hydrogen-bond donors (Lipinski definition) is 1. The van der Waals surface area contributed by atoms with Crippen LogP contribution in [0.2, 0.25) is 0 Å². The molecule has 0 fully saturated rings. The van der Waals surface area contributed by atoms with Gasteiger partial charge in [-0.2, -0.15) is 5.26 Å². The van der Waals surface area contributed by atoms with Gasteiger partial charge in [0.15, 0.2) is 0 Å². The molecule has 0 saturated heterocycles. The average Bonchev–Trinajstić information content (AvgIpc) is 2.15. The molecular weight excluding hydrogens is 321 g/mol. The van der Waals surface area contributed by atoms with Crippen LogP contribution in [0.1, 0.15) is 28.0 Å². The molecule has 0 aliphatic heterocycles. The van der Waals surface area contributed by atoms with Crippen molar-refractivity contribution < 1.29 is 18.7 Å². The summed E-state index contributed by atoms with van der Waals surface area (Å²) in [5, 5.41) is 17.2. The van der Waals surface area contributed by atoms with Crippen LogP contribution in [0.15, 0.2) is 6.20 Å². The van der Waals surface area contributed by atoms with Gasteiger partial charge in [-0.1, -0.05) is 0 Å². The predicted molar refractivity (Wildman–Crippen MR) is 53.6 cm³/mol. The molecule has 0 saturated carbocycles. The molecule has 0 aliphatic rings. The van der Waals surface area contributed by atoms with E-state index in [-0.39, 0.29) is 9.13 Å². The van der Waals surface area contributed by atoms with E-state index >= 15 is 0 Å². The van der Waals surface area contributed by atoms with E-state index in [4.69, 9.17) is 10.4 Å². The number of nitriles is 1. The first kappa shape index (κ1) is 11.8. The molecule has 1 N–H and O–H groups in total. The average molecular weight is 324 g/mol. The minimum atomic E-state index is -2.92. The Labute approximate surface area is 96.7 Å². The zero-order valence-corrected chi connectivity index (χ0v) is 9.20. The van der Waals surface area contributed by atoms with Crippen molar-refractivity contribution in [2.75, 3.05) is 0 Å². The van der Waals surface area contributed by atoms with E-state index in [0.717, 1.165) is 6.20 Å². The Hall–Kier alpha value is -1.30. The molecule has 0 atom stereocenters. The standard InChI is InChI=1S/C8H3F2IN2O2/c9-7(10)5-4(1-12)13-2-3(6(5)11)8(14)15/h2,7H,(H,14,15). The number of halogens is 3. The smallest absolute Gasteiger partial charge is 0.338 e. The monoisotopic (exact) mass is 324 g/mol. The number of hydrogen-bond acceptors (Lipinski definition) is 3. The van der Waals surface area contributed by atoms with Crippen molar-refractivity contribution >= 4 is 28.6 Å². The van der Waals surface area contributed by atoms with Crippen LogP contribution >= 0.6 is 22.6 Å². The van der Waals surface area contributed by atoms with E-state index in [1.165, 1.54) is 28.7 Å². The molecule has 4 nitrogen and oxygen atoms in total. The van der Waals surface area contributed by atoms with Crippen LogP contribution < -0.4 is 0 Å². The second kappa shape index (κ2) is 4.48. The lowest BCUT2D eigenvalue weighted by Crippen LogP contribution is -2.07. The lowest BCUT2D eigenvalue weighted by atomic mass is 10.1. The van der Waals surface area contributed by atoms with Gasteiger partial charge >= 0.3 is 5.97 Å². The van der Waals surface area contributed by atoms with Gasteiger partial charge in [-0.15, -0.1) is 0 Å². The van der Waals surface area contributed by atoms with Gasteiger partial charge in [0, 0.05) is 9.77 Å². The quantitative estimate of drug-likeness (QED) is 0.847. The van der Waals surface area contributed by atoms with Gasteiger partial charge in [0.05, 0.1) is 11.1 Å². The third-order valence-corrected chi connectivity index (χ3v) is 2.77. The van der Waals surface area contributed by atoms with Gasteiger partial charge < -0.3 is 5.11 Å². The Morgan fingerprint density at radius 3 is 2.67 bits per heavy atom. The maximum atomic E-state index is 12.5. The SMILES string of the molecule is N#Cc1ncc(C(=O)O)c(I)c1C(F)F. The first-order valence-corrected chi connectivity index (χ1v) is 4.66. The minimum Gasteiger partial charge on any atom is -0.478 e. The highest BCUT2D eigenvalue weighted by atomic mass is 127. The van der Waals surface area contributed by atoms with Crippen molar-refractivity contribution in [3.05, 3.63) is 26.6 Å². The summed E-state index contributed by atoms with van der Waals surface area (Å²) in [7, 11) is 0. The molecule has 0 aromatic carbocycles. The molecule has 0 unspecified atom stereocenters. The fourth-order valence-electron chi connectivity index (χ4n) is 0.942. The summed E-state index contributed by atoms with van der Waals surface area (Å²) in [6.45, 7) is 0. The zero-order chi connectivity index (χ0) is 11.6. The number of rotatable bonds is 2. The van der Waals surface area contributed by atoms with Crippen LogP contribution in [0.25, 0.3) is 0 Å². The summed E-state index contributed by atoms with van der Waals surface area (Å²) in [6.07, 6.45) is -2.02. The van der Waals surface area contributed by atoms with E-state index < -0.39 is 23.7 Å². The summed E-state index contributed by atoms with van der Waals surface area (Å²) in [5.74, 6) is -1.35. The number of carboxylic acids is 1. The maximum Gasteiger partial charge on any atom is 0.338 e. The van der Waals surface area contributed by atoms with Gasteiger partial charge in [-0.25, -0.2) is 18.6 Å². The molecule has 1 heterocycles. The Bertz CT molecular complexity index is 457. The van der Waals surface area contributed by atoms with Crippen LogP contribution in [0, 0.1) is 14.9 Å². The number of carbonyl (C=O) groups is 1. The number of alkyl halides is 2. The molecule has 0 spiro atoms. The lowest BCUT2D eigenvalue weighted by Gasteiger charge is -2.07. The normalized spacial score (nSPS) is 10.1. The molecule has 0 amide bonds. The highest BCUT2D eigenvalue weighted by Gasteiger charge is 2.23. The fourth-order valence-corrected chi connectivity index (χ4v) is 1.80. The summed E-state index contributed by atoms with van der Waals surface area (Å²) in [6, 6.07) is 1.50. The number of carboxylic acid groups (broad SMARTS) is 1. The fraction of sp³-hybridized carbons (Fsp3) is 0.125. The first-order chi connectivity index (χ1) is 6.99. The van der Waals surface area contributed by atoms with Crippen LogP contribution in [0.5, 0.6) is 0 Å². The van der Waals surface area contributed by atoms with Gasteiger partial charge in [-0.3, -0.25) is 0 Å². The topological polar surface area (TPSA) is 74.0 Å². The highest BCUT2D eigenvalue weighted by Crippen LogP contribution is 2.28. The molecule has 15 heavy (non-hydrogen) atoms. The summed E-state index contributed by atoms with van der Waals surface area (Å²) in [4.78, 5) is 14.0. The van der Waals surface area contributed by atoms with E-state index in [9.17, 15) is 13.6 Å². The van der Waals surface area contributed by atoms with Crippen molar-refractivity contribution in [2.24, 2.45) is 0 Å². The predicted octanol–water partition coefficient (Wildman–Crippen LogP) is 2.19. The maximum absolute atomic E-state index is 12.5. The van der Waals surface area contributed by atoms with Crippen LogP contribution in [-0.4, -0.2) is 16.1 Å². The molecule has 78 valence electrons. The third kappa shape index (κ3) is 2.20. The largest absolute Gasteiger partial charge is 0.478 e. The number of pyridine rings is 1. The first-order valence-electron chi connectivity index (χ1n) is 3.59. The Kier molecular flexibility index (Phi) is 3.52. The van der Waals surface area contributed by atoms with Gasteiger partial charge in [0.2, 0.25) is 0 Å². The van der Waals surface area contributed by atoms with Crippen LogP contribution in [-0.2, 0) is 0 Å². The summed E-state index contributed by atoms with van der Waals surface area (Å²) >= 11 is 1.47. The van der Waals surface area contributed by atoms with E-state index in [1.807, 2.05) is 0 Å². The molecule has 7 heteroatoms. The summed E-state index contributed by atoms with van der Waals surface area (Å²) < 4.78 is 24.9. The highest BCUT2D eigenvalue weighted by molar-refractivity contribution is 14.1. The number of aromatic nitrogens is 1. The van der Waals surface area contributed by atoms with Crippen molar-refractivity contribution in [3.63, 3.8) is 0 Å². The van der Waals surface area contributed by atoms with E-state index in [1.54, 1.807) is 0 Å².